The molecular formula is C18H18F3N3O4S. The number of nitrogens with zero attached hydrogens (tertiary/aromatic N) is 3. The molecule has 1 aliphatic rings. The largest absolute Gasteiger partial charge is 0.340 e. The lowest BCUT2D eigenvalue weighted by molar-refractivity contribution is -0.132. The minimum atomic E-state index is -4.37. The van der Waals surface area contributed by atoms with Gasteiger partial charge in [-0.2, -0.15) is 4.31 Å². The average Bonchev–Trinajstić information content (AvgIpc) is 2.71. The standard InChI is InChI=1S/C18H18F3N3O4S/c19-13-4-5-14(18(21)17(13)20)29(27,28)24-11-9-23(10-12-24)16(26)6-8-22-7-2-1-3-15(22)25/h1-5,7H,6,8-12H2. The predicted molar refractivity (Wildman–Crippen MR) is 97.0 cm³/mol. The van der Waals surface area contributed by atoms with E-state index in [-0.39, 0.29) is 50.6 Å². The molecule has 0 unspecified atom stereocenters. The molecule has 0 saturated carbocycles. The van der Waals surface area contributed by atoms with E-state index in [1.807, 2.05) is 0 Å². The molecule has 11 heteroatoms. The maximum absolute atomic E-state index is 13.9. The Morgan fingerprint density at radius 2 is 1.66 bits per heavy atom. The van der Waals surface area contributed by atoms with Gasteiger partial charge in [-0.25, -0.2) is 21.6 Å². The highest BCUT2D eigenvalue weighted by Gasteiger charge is 2.33. The Hall–Kier alpha value is -2.66. The molecule has 1 amide bonds. The zero-order chi connectivity index (χ0) is 21.2. The van der Waals surface area contributed by atoms with Crippen LogP contribution in [0.15, 0.2) is 46.2 Å². The molecule has 156 valence electrons. The fourth-order valence-corrected chi connectivity index (χ4v) is 4.52. The van der Waals surface area contributed by atoms with Gasteiger partial charge in [0.05, 0.1) is 0 Å². The SMILES string of the molecule is O=C(CCn1ccccc1=O)N1CCN(S(=O)(=O)c2ccc(F)c(F)c2F)CC1. The van der Waals surface area contributed by atoms with E-state index in [4.69, 9.17) is 0 Å². The quantitative estimate of drug-likeness (QED) is 0.669. The minimum Gasteiger partial charge on any atom is -0.340 e. The third kappa shape index (κ3) is 4.35. The number of pyridine rings is 1. The zero-order valence-corrected chi connectivity index (χ0v) is 16.0. The van der Waals surface area contributed by atoms with Gasteiger partial charge in [0, 0.05) is 51.4 Å². The van der Waals surface area contributed by atoms with E-state index in [9.17, 15) is 31.2 Å². The number of aryl methyl sites for hydroxylation is 1. The van der Waals surface area contributed by atoms with Gasteiger partial charge in [-0.05, 0) is 18.2 Å². The van der Waals surface area contributed by atoms with Crippen LogP contribution in [0.25, 0.3) is 0 Å². The van der Waals surface area contributed by atoms with E-state index < -0.39 is 32.4 Å². The second kappa shape index (κ2) is 8.37. The van der Waals surface area contributed by atoms with Crippen molar-refractivity contribution in [2.45, 2.75) is 17.9 Å². The molecular weight excluding hydrogens is 411 g/mol. The van der Waals surface area contributed by atoms with Crippen LogP contribution in [0.3, 0.4) is 0 Å². The lowest BCUT2D eigenvalue weighted by atomic mass is 10.3. The molecule has 1 aromatic heterocycles. The smallest absolute Gasteiger partial charge is 0.250 e. The van der Waals surface area contributed by atoms with Gasteiger partial charge in [0.15, 0.2) is 17.5 Å². The van der Waals surface area contributed by atoms with Crippen molar-refractivity contribution in [2.24, 2.45) is 0 Å². The van der Waals surface area contributed by atoms with Gasteiger partial charge in [-0.3, -0.25) is 9.59 Å². The molecule has 1 fully saturated rings. The number of halogens is 3. The van der Waals surface area contributed by atoms with Crippen LogP contribution in [0.1, 0.15) is 6.42 Å². The van der Waals surface area contributed by atoms with E-state index in [0.717, 1.165) is 4.31 Å². The van der Waals surface area contributed by atoms with Crippen molar-refractivity contribution in [3.05, 3.63) is 64.3 Å². The van der Waals surface area contributed by atoms with Crippen LogP contribution >= 0.6 is 0 Å². The first-order valence-electron chi connectivity index (χ1n) is 8.78. The minimum absolute atomic E-state index is 0.0625. The summed E-state index contributed by atoms with van der Waals surface area (Å²) in [5, 5.41) is 0. The highest BCUT2D eigenvalue weighted by molar-refractivity contribution is 7.89. The predicted octanol–water partition coefficient (Wildman–Crippen LogP) is 1.19. The molecule has 0 atom stereocenters. The molecule has 1 saturated heterocycles. The normalized spacial score (nSPS) is 15.5. The third-order valence-corrected chi connectivity index (χ3v) is 6.59. The van der Waals surface area contributed by atoms with Crippen molar-refractivity contribution >= 4 is 15.9 Å². The summed E-state index contributed by atoms with van der Waals surface area (Å²) in [7, 11) is -4.37. The number of piperazine rings is 1. The number of sulfonamides is 1. The van der Waals surface area contributed by atoms with Crippen LogP contribution in [0.2, 0.25) is 0 Å². The maximum Gasteiger partial charge on any atom is 0.250 e. The molecule has 1 aromatic carbocycles. The number of hydrogen-bond donors (Lipinski definition) is 0. The zero-order valence-electron chi connectivity index (χ0n) is 15.2. The van der Waals surface area contributed by atoms with E-state index >= 15 is 0 Å². The van der Waals surface area contributed by atoms with Gasteiger partial charge in [-0.15, -0.1) is 0 Å². The molecule has 0 aliphatic carbocycles. The second-order valence-electron chi connectivity index (χ2n) is 6.44. The van der Waals surface area contributed by atoms with Crippen LogP contribution in [0, 0.1) is 17.5 Å². The van der Waals surface area contributed by atoms with Crippen molar-refractivity contribution in [1.29, 1.82) is 0 Å². The molecule has 0 radical (unpaired) electrons. The Bertz CT molecular complexity index is 1080. The number of hydrogen-bond acceptors (Lipinski definition) is 4. The lowest BCUT2D eigenvalue weighted by Gasteiger charge is -2.34. The van der Waals surface area contributed by atoms with E-state index in [0.29, 0.717) is 12.1 Å². The number of aromatic nitrogens is 1. The van der Waals surface area contributed by atoms with Gasteiger partial charge < -0.3 is 9.47 Å². The number of amides is 1. The van der Waals surface area contributed by atoms with E-state index in [1.54, 1.807) is 18.3 Å². The van der Waals surface area contributed by atoms with Crippen molar-refractivity contribution in [3.63, 3.8) is 0 Å². The second-order valence-corrected chi connectivity index (χ2v) is 8.35. The average molecular weight is 429 g/mol. The maximum atomic E-state index is 13.9. The van der Waals surface area contributed by atoms with E-state index in [1.165, 1.54) is 15.5 Å². The highest BCUT2D eigenvalue weighted by Crippen LogP contribution is 2.24. The van der Waals surface area contributed by atoms with Crippen LogP contribution in [0.4, 0.5) is 13.2 Å². The molecule has 2 heterocycles. The van der Waals surface area contributed by atoms with Gasteiger partial charge >= 0.3 is 0 Å². The molecule has 29 heavy (non-hydrogen) atoms. The molecule has 7 nitrogen and oxygen atoms in total. The summed E-state index contributed by atoms with van der Waals surface area (Å²) >= 11 is 0. The summed E-state index contributed by atoms with van der Waals surface area (Å²) < 4.78 is 67.8. The molecule has 0 N–H and O–H groups in total. The third-order valence-electron chi connectivity index (χ3n) is 4.67. The highest BCUT2D eigenvalue weighted by atomic mass is 32.2. The van der Waals surface area contributed by atoms with Crippen LogP contribution in [-0.2, 0) is 21.4 Å². The fraction of sp³-hybridized carbons (Fsp3) is 0.333. The summed E-state index contributed by atoms with van der Waals surface area (Å²) in [6.07, 6.45) is 1.63. The monoisotopic (exact) mass is 429 g/mol. The molecule has 3 rings (SSSR count). The molecule has 0 spiro atoms. The Morgan fingerprint density at radius 3 is 2.31 bits per heavy atom. The van der Waals surface area contributed by atoms with Crippen LogP contribution in [-0.4, -0.2) is 54.3 Å². The molecule has 2 aromatic rings. The fourth-order valence-electron chi connectivity index (χ4n) is 3.04. The van der Waals surface area contributed by atoms with Gasteiger partial charge in [0.2, 0.25) is 15.9 Å². The first-order valence-corrected chi connectivity index (χ1v) is 10.2. The summed E-state index contributed by atoms with van der Waals surface area (Å²) in [5.74, 6) is -5.35. The molecule has 0 bridgehead atoms. The van der Waals surface area contributed by atoms with Gasteiger partial charge in [0.1, 0.15) is 4.90 Å². The first kappa shape index (κ1) is 21.1. The summed E-state index contributed by atoms with van der Waals surface area (Å²) in [6.45, 7) is 0.0901. The Kier molecular flexibility index (Phi) is 6.08. The number of carbonyl (C=O) groups excluding carboxylic acids is 1. The van der Waals surface area contributed by atoms with E-state index in [2.05, 4.69) is 0 Å². The Balaban J connectivity index is 1.62. The summed E-state index contributed by atoms with van der Waals surface area (Å²) in [4.78, 5) is 24.5. The number of rotatable bonds is 5. The van der Waals surface area contributed by atoms with Crippen LogP contribution in [0.5, 0.6) is 0 Å². The Morgan fingerprint density at radius 1 is 0.966 bits per heavy atom. The van der Waals surface area contributed by atoms with Gasteiger partial charge in [-0.1, -0.05) is 6.07 Å². The van der Waals surface area contributed by atoms with Crippen molar-refractivity contribution in [2.75, 3.05) is 26.2 Å². The lowest BCUT2D eigenvalue weighted by Crippen LogP contribution is -2.50. The number of carbonyl (C=O) groups is 1. The number of benzene rings is 1. The Labute approximate surface area is 165 Å². The van der Waals surface area contributed by atoms with Crippen molar-refractivity contribution < 1.29 is 26.4 Å². The molecule has 1 aliphatic heterocycles. The first-order chi connectivity index (χ1) is 13.7. The van der Waals surface area contributed by atoms with Crippen LogP contribution < -0.4 is 5.56 Å². The van der Waals surface area contributed by atoms with Crippen molar-refractivity contribution in [3.8, 4) is 0 Å². The van der Waals surface area contributed by atoms with Crippen molar-refractivity contribution in [1.82, 2.24) is 13.8 Å². The topological polar surface area (TPSA) is 79.7 Å². The summed E-state index contributed by atoms with van der Waals surface area (Å²) in [5.41, 5.74) is -0.232. The summed E-state index contributed by atoms with van der Waals surface area (Å²) in [6, 6.07) is 5.88. The van der Waals surface area contributed by atoms with Gasteiger partial charge in [0.25, 0.3) is 5.56 Å².